The van der Waals surface area contributed by atoms with Crippen molar-refractivity contribution in [3.05, 3.63) is 76.7 Å². The lowest BCUT2D eigenvalue weighted by Crippen LogP contribution is -2.19. The highest BCUT2D eigenvalue weighted by Gasteiger charge is 2.05. The van der Waals surface area contributed by atoms with Crippen molar-refractivity contribution in [3.63, 3.8) is 0 Å². The number of nitrogens with one attached hydrogen (secondary N) is 2. The van der Waals surface area contributed by atoms with E-state index < -0.39 is 5.82 Å². The molecule has 4 nitrogen and oxygen atoms in total. The Hall–Kier alpha value is -2.44. The predicted molar refractivity (Wildman–Crippen MR) is 104 cm³/mol. The van der Waals surface area contributed by atoms with Crippen LogP contribution in [0.2, 0.25) is 5.02 Å². The molecule has 0 saturated carbocycles. The van der Waals surface area contributed by atoms with E-state index in [1.54, 1.807) is 6.07 Å². The topological polar surface area (TPSA) is 41.9 Å². The molecule has 3 rings (SSSR count). The second kappa shape index (κ2) is 7.63. The molecule has 2 aromatic carbocycles. The molecule has 7 heteroatoms. The van der Waals surface area contributed by atoms with Crippen LogP contribution in [0.3, 0.4) is 0 Å². The molecular formula is C18H16ClFN4S. The molecule has 0 atom stereocenters. The predicted octanol–water partition coefficient (Wildman–Crippen LogP) is 4.84. The van der Waals surface area contributed by atoms with E-state index in [1.165, 1.54) is 23.3 Å². The van der Waals surface area contributed by atoms with Crippen LogP contribution in [-0.2, 0) is 6.54 Å². The molecule has 0 spiro atoms. The van der Waals surface area contributed by atoms with Crippen molar-refractivity contribution in [3.8, 4) is 0 Å². The van der Waals surface area contributed by atoms with Crippen LogP contribution in [0.25, 0.3) is 0 Å². The van der Waals surface area contributed by atoms with Gasteiger partial charge < -0.3 is 10.6 Å². The van der Waals surface area contributed by atoms with Gasteiger partial charge in [-0.2, -0.15) is 5.10 Å². The highest BCUT2D eigenvalue weighted by atomic mass is 35.5. The van der Waals surface area contributed by atoms with E-state index in [1.807, 2.05) is 16.9 Å². The van der Waals surface area contributed by atoms with E-state index in [9.17, 15) is 4.39 Å². The van der Waals surface area contributed by atoms with Gasteiger partial charge >= 0.3 is 0 Å². The minimum absolute atomic E-state index is 0.0372. The summed E-state index contributed by atoms with van der Waals surface area (Å²) in [6, 6.07) is 14.5. The van der Waals surface area contributed by atoms with Crippen molar-refractivity contribution >= 4 is 40.4 Å². The second-order valence-corrected chi connectivity index (χ2v) is 6.41. The van der Waals surface area contributed by atoms with Crippen molar-refractivity contribution in [1.29, 1.82) is 0 Å². The zero-order valence-corrected chi connectivity index (χ0v) is 15.0. The maximum absolute atomic E-state index is 13.2. The first-order chi connectivity index (χ1) is 12.0. The first-order valence-corrected chi connectivity index (χ1v) is 8.40. The van der Waals surface area contributed by atoms with Crippen LogP contribution in [0.1, 0.15) is 11.1 Å². The molecule has 1 heterocycles. The van der Waals surface area contributed by atoms with Crippen LogP contribution in [0.4, 0.5) is 15.9 Å². The van der Waals surface area contributed by atoms with Gasteiger partial charge in [0.2, 0.25) is 0 Å². The van der Waals surface area contributed by atoms with Gasteiger partial charge in [0, 0.05) is 18.0 Å². The summed E-state index contributed by atoms with van der Waals surface area (Å²) in [6.45, 7) is 2.73. The van der Waals surface area contributed by atoms with Gasteiger partial charge in [-0.3, -0.25) is 4.68 Å². The van der Waals surface area contributed by atoms with E-state index in [4.69, 9.17) is 23.8 Å². The number of anilines is 2. The molecule has 128 valence electrons. The fraction of sp³-hybridized carbons (Fsp3) is 0.111. The lowest BCUT2D eigenvalue weighted by atomic mass is 10.1. The quantitative estimate of drug-likeness (QED) is 0.641. The molecule has 3 aromatic rings. The third-order valence-electron chi connectivity index (χ3n) is 3.52. The molecular weight excluding hydrogens is 359 g/mol. The van der Waals surface area contributed by atoms with Crippen molar-refractivity contribution in [2.45, 2.75) is 13.5 Å². The van der Waals surface area contributed by atoms with Crippen molar-refractivity contribution in [2.75, 3.05) is 10.6 Å². The maximum atomic E-state index is 13.2. The standard InChI is InChI=1S/C18H16ClFN4S/c1-12-2-4-13(5-3-12)11-24-9-8-17(23-24)22-18(25)21-14-6-7-16(20)15(19)10-14/h2-10H,11H2,1H3,(H2,21,22,23,25). The number of hydrogen-bond acceptors (Lipinski definition) is 2. The van der Waals surface area contributed by atoms with Crippen LogP contribution in [0.5, 0.6) is 0 Å². The Balaban J connectivity index is 1.59. The highest BCUT2D eigenvalue weighted by molar-refractivity contribution is 7.80. The maximum Gasteiger partial charge on any atom is 0.176 e. The van der Waals surface area contributed by atoms with Gasteiger partial charge in [0.05, 0.1) is 11.6 Å². The van der Waals surface area contributed by atoms with Crippen LogP contribution >= 0.6 is 23.8 Å². The molecule has 2 N–H and O–H groups in total. The summed E-state index contributed by atoms with van der Waals surface area (Å²) in [6.07, 6.45) is 1.87. The Labute approximate surface area is 155 Å². The molecule has 0 saturated heterocycles. The summed E-state index contributed by atoms with van der Waals surface area (Å²) in [7, 11) is 0. The van der Waals surface area contributed by atoms with E-state index in [0.717, 1.165) is 0 Å². The number of thiocarbonyl (C=S) groups is 1. The molecule has 25 heavy (non-hydrogen) atoms. The molecule has 0 unspecified atom stereocenters. The summed E-state index contributed by atoms with van der Waals surface area (Å²) in [5.74, 6) is 0.152. The number of halogens is 2. The zero-order valence-electron chi connectivity index (χ0n) is 13.5. The van der Waals surface area contributed by atoms with Crippen LogP contribution < -0.4 is 10.6 Å². The molecule has 0 aliphatic rings. The van der Waals surface area contributed by atoms with Crippen molar-refractivity contribution in [1.82, 2.24) is 9.78 Å². The normalized spacial score (nSPS) is 10.5. The Bertz CT molecular complexity index is 892. The number of rotatable bonds is 4. The van der Waals surface area contributed by atoms with E-state index in [2.05, 4.69) is 46.9 Å². The zero-order chi connectivity index (χ0) is 17.8. The summed E-state index contributed by atoms with van der Waals surface area (Å²) < 4.78 is 15.0. The molecule has 0 aliphatic carbocycles. The highest BCUT2D eigenvalue weighted by Crippen LogP contribution is 2.19. The smallest absolute Gasteiger partial charge is 0.176 e. The average molecular weight is 375 g/mol. The van der Waals surface area contributed by atoms with Crippen LogP contribution in [0, 0.1) is 12.7 Å². The minimum atomic E-state index is -0.471. The number of aromatic nitrogens is 2. The molecule has 0 amide bonds. The number of nitrogens with zero attached hydrogens (tertiary/aromatic N) is 2. The summed E-state index contributed by atoms with van der Waals surface area (Å²) in [5, 5.41) is 10.8. The van der Waals surface area contributed by atoms with Gasteiger partial charge in [0.25, 0.3) is 0 Å². The minimum Gasteiger partial charge on any atom is -0.332 e. The Morgan fingerprint density at radius 3 is 2.64 bits per heavy atom. The number of aryl methyl sites for hydroxylation is 1. The second-order valence-electron chi connectivity index (χ2n) is 5.59. The van der Waals surface area contributed by atoms with Gasteiger partial charge in [-0.25, -0.2) is 4.39 Å². The molecule has 1 aromatic heterocycles. The lowest BCUT2D eigenvalue weighted by Gasteiger charge is -2.09. The van der Waals surface area contributed by atoms with Crippen molar-refractivity contribution < 1.29 is 4.39 Å². The van der Waals surface area contributed by atoms with E-state index >= 15 is 0 Å². The third kappa shape index (κ3) is 4.78. The largest absolute Gasteiger partial charge is 0.332 e. The molecule has 0 aliphatic heterocycles. The lowest BCUT2D eigenvalue weighted by molar-refractivity contribution is 0.628. The third-order valence-corrected chi connectivity index (χ3v) is 4.02. The molecule has 0 fully saturated rings. The summed E-state index contributed by atoms with van der Waals surface area (Å²) in [5.41, 5.74) is 2.99. The fourth-order valence-electron chi connectivity index (χ4n) is 2.25. The van der Waals surface area contributed by atoms with Crippen molar-refractivity contribution in [2.24, 2.45) is 0 Å². The summed E-state index contributed by atoms with van der Waals surface area (Å²) >= 11 is 11.0. The van der Waals surface area contributed by atoms with Gasteiger partial charge in [0.15, 0.2) is 10.9 Å². The fourth-order valence-corrected chi connectivity index (χ4v) is 2.65. The van der Waals surface area contributed by atoms with Gasteiger partial charge in [-0.05, 0) is 42.9 Å². The van der Waals surface area contributed by atoms with E-state index in [0.29, 0.717) is 23.2 Å². The number of hydrogen-bond donors (Lipinski definition) is 2. The van der Waals surface area contributed by atoms with Gasteiger partial charge in [-0.1, -0.05) is 41.4 Å². The van der Waals surface area contributed by atoms with Gasteiger partial charge in [0.1, 0.15) is 5.82 Å². The Morgan fingerprint density at radius 1 is 1.16 bits per heavy atom. The number of benzene rings is 2. The molecule has 0 radical (unpaired) electrons. The first kappa shape index (κ1) is 17.4. The van der Waals surface area contributed by atoms with E-state index in [-0.39, 0.29) is 5.02 Å². The monoisotopic (exact) mass is 374 g/mol. The summed E-state index contributed by atoms with van der Waals surface area (Å²) in [4.78, 5) is 0. The Kier molecular flexibility index (Phi) is 5.31. The first-order valence-electron chi connectivity index (χ1n) is 7.62. The molecule has 0 bridgehead atoms. The van der Waals surface area contributed by atoms with Crippen LogP contribution in [-0.4, -0.2) is 14.9 Å². The Morgan fingerprint density at radius 2 is 1.92 bits per heavy atom. The SMILES string of the molecule is Cc1ccc(Cn2ccc(NC(=S)Nc3ccc(F)c(Cl)c3)n2)cc1. The van der Waals surface area contributed by atoms with Crippen LogP contribution in [0.15, 0.2) is 54.7 Å². The van der Waals surface area contributed by atoms with Gasteiger partial charge in [-0.15, -0.1) is 0 Å². The average Bonchev–Trinajstić information content (AvgIpc) is 3.00.